The van der Waals surface area contributed by atoms with Gasteiger partial charge in [-0.3, -0.25) is 14.7 Å². The number of rotatable bonds is 4. The summed E-state index contributed by atoms with van der Waals surface area (Å²) < 4.78 is 27.2. The lowest BCUT2D eigenvalue weighted by atomic mass is 9.93. The molecule has 3 aromatic rings. The van der Waals surface area contributed by atoms with E-state index in [1.165, 1.54) is 6.07 Å². The molecular weight excluding hydrogens is 362 g/mol. The van der Waals surface area contributed by atoms with Gasteiger partial charge in [0.25, 0.3) is 5.56 Å². The van der Waals surface area contributed by atoms with Gasteiger partial charge in [-0.1, -0.05) is 6.07 Å². The second-order valence-electron chi connectivity index (χ2n) is 7.02. The van der Waals surface area contributed by atoms with Gasteiger partial charge in [0.1, 0.15) is 17.3 Å². The van der Waals surface area contributed by atoms with E-state index in [0.717, 1.165) is 43.8 Å². The van der Waals surface area contributed by atoms with Gasteiger partial charge in [0, 0.05) is 30.3 Å². The fourth-order valence-corrected chi connectivity index (χ4v) is 3.60. The van der Waals surface area contributed by atoms with Crippen LogP contribution < -0.4 is 5.56 Å². The first kappa shape index (κ1) is 18.4. The minimum absolute atomic E-state index is 0.151. The van der Waals surface area contributed by atoms with Crippen LogP contribution in [-0.4, -0.2) is 32.9 Å². The molecule has 0 saturated carbocycles. The summed E-state index contributed by atoms with van der Waals surface area (Å²) in [5.41, 5.74) is 1.54. The first-order valence-corrected chi connectivity index (χ1v) is 9.27. The molecule has 28 heavy (non-hydrogen) atoms. The van der Waals surface area contributed by atoms with Crippen LogP contribution in [0.4, 0.5) is 8.78 Å². The lowest BCUT2D eigenvalue weighted by Gasteiger charge is -2.31. The van der Waals surface area contributed by atoms with Gasteiger partial charge in [0.2, 0.25) is 0 Å². The van der Waals surface area contributed by atoms with Crippen LogP contribution in [-0.2, 0) is 6.54 Å². The van der Waals surface area contributed by atoms with Crippen molar-refractivity contribution in [3.05, 3.63) is 81.9 Å². The van der Waals surface area contributed by atoms with Crippen molar-refractivity contribution in [2.75, 3.05) is 13.1 Å². The molecule has 2 aromatic heterocycles. The van der Waals surface area contributed by atoms with Crippen molar-refractivity contribution in [2.24, 2.45) is 0 Å². The van der Waals surface area contributed by atoms with Crippen molar-refractivity contribution >= 4 is 0 Å². The fourth-order valence-electron chi connectivity index (χ4n) is 3.60. The number of nitrogens with one attached hydrogen (secondary N) is 1. The monoisotopic (exact) mass is 382 g/mol. The second kappa shape index (κ2) is 7.98. The molecular formula is C21H20F2N4O. The highest BCUT2D eigenvalue weighted by Gasteiger charge is 2.23. The average molecular weight is 382 g/mol. The number of nitrogens with zero attached hydrogens (tertiary/aromatic N) is 3. The molecule has 0 aliphatic carbocycles. The third-order valence-corrected chi connectivity index (χ3v) is 5.08. The molecule has 5 nitrogen and oxygen atoms in total. The summed E-state index contributed by atoms with van der Waals surface area (Å²) in [5.74, 6) is -0.202. The molecule has 144 valence electrons. The number of benzene rings is 1. The third kappa shape index (κ3) is 4.14. The Bertz CT molecular complexity index is 1010. The average Bonchev–Trinajstić information content (AvgIpc) is 2.71. The Hall–Kier alpha value is -2.93. The molecule has 4 rings (SSSR count). The number of piperidine rings is 1. The topological polar surface area (TPSA) is 61.9 Å². The molecule has 1 fully saturated rings. The van der Waals surface area contributed by atoms with Gasteiger partial charge < -0.3 is 4.98 Å². The third-order valence-electron chi connectivity index (χ3n) is 5.08. The Morgan fingerprint density at radius 2 is 1.93 bits per heavy atom. The Morgan fingerprint density at radius 3 is 2.68 bits per heavy atom. The Balaban J connectivity index is 1.46. The molecule has 0 amide bonds. The number of aromatic nitrogens is 3. The van der Waals surface area contributed by atoms with Crippen molar-refractivity contribution < 1.29 is 8.78 Å². The van der Waals surface area contributed by atoms with Crippen LogP contribution in [0.3, 0.4) is 0 Å². The molecule has 0 atom stereocenters. The highest BCUT2D eigenvalue weighted by atomic mass is 19.1. The molecule has 1 aliphatic rings. The quantitative estimate of drug-likeness (QED) is 0.750. The number of pyridine rings is 1. The Morgan fingerprint density at radius 1 is 1.11 bits per heavy atom. The summed E-state index contributed by atoms with van der Waals surface area (Å²) in [6, 6.07) is 10.5. The molecule has 0 spiro atoms. The summed E-state index contributed by atoms with van der Waals surface area (Å²) >= 11 is 0. The first-order valence-electron chi connectivity index (χ1n) is 9.27. The van der Waals surface area contributed by atoms with Crippen molar-refractivity contribution in [2.45, 2.75) is 25.3 Å². The Kier molecular flexibility index (Phi) is 5.25. The van der Waals surface area contributed by atoms with Crippen LogP contribution in [0.25, 0.3) is 11.5 Å². The number of hydrogen-bond donors (Lipinski definition) is 1. The second-order valence-corrected chi connectivity index (χ2v) is 7.02. The minimum atomic E-state index is -0.430. The van der Waals surface area contributed by atoms with Crippen molar-refractivity contribution in [1.29, 1.82) is 0 Å². The van der Waals surface area contributed by atoms with E-state index in [2.05, 4.69) is 19.9 Å². The van der Waals surface area contributed by atoms with E-state index in [1.54, 1.807) is 18.3 Å². The zero-order chi connectivity index (χ0) is 19.5. The molecule has 0 bridgehead atoms. The molecule has 1 aromatic carbocycles. The van der Waals surface area contributed by atoms with Crippen molar-refractivity contribution in [3.63, 3.8) is 0 Å². The first-order chi connectivity index (χ1) is 13.6. The van der Waals surface area contributed by atoms with Crippen LogP contribution in [0.15, 0.2) is 53.5 Å². The van der Waals surface area contributed by atoms with E-state index in [4.69, 9.17) is 0 Å². The zero-order valence-corrected chi connectivity index (χ0v) is 15.2. The fraction of sp³-hybridized carbons (Fsp3) is 0.286. The molecule has 1 saturated heterocycles. The number of aromatic amines is 1. The van der Waals surface area contributed by atoms with E-state index in [9.17, 15) is 13.6 Å². The van der Waals surface area contributed by atoms with E-state index in [-0.39, 0.29) is 17.3 Å². The van der Waals surface area contributed by atoms with Gasteiger partial charge in [-0.25, -0.2) is 13.8 Å². The highest BCUT2D eigenvalue weighted by molar-refractivity contribution is 5.48. The molecule has 0 radical (unpaired) electrons. The van der Waals surface area contributed by atoms with Gasteiger partial charge in [0.15, 0.2) is 5.82 Å². The van der Waals surface area contributed by atoms with Crippen LogP contribution in [0.1, 0.15) is 30.0 Å². The summed E-state index contributed by atoms with van der Waals surface area (Å²) in [7, 11) is 0. The van der Waals surface area contributed by atoms with Crippen LogP contribution in [0.5, 0.6) is 0 Å². The largest absolute Gasteiger partial charge is 0.305 e. The van der Waals surface area contributed by atoms with E-state index < -0.39 is 5.82 Å². The summed E-state index contributed by atoms with van der Waals surface area (Å²) in [5, 5.41) is 0. The lowest BCUT2D eigenvalue weighted by Crippen LogP contribution is -2.33. The zero-order valence-electron chi connectivity index (χ0n) is 15.2. The maximum absolute atomic E-state index is 13.9. The number of halogens is 2. The van der Waals surface area contributed by atoms with E-state index in [0.29, 0.717) is 23.6 Å². The summed E-state index contributed by atoms with van der Waals surface area (Å²) in [6.45, 7) is 1.83. The van der Waals surface area contributed by atoms with Crippen LogP contribution in [0, 0.1) is 11.6 Å². The maximum Gasteiger partial charge on any atom is 0.251 e. The minimum Gasteiger partial charge on any atom is -0.305 e. The highest BCUT2D eigenvalue weighted by Crippen LogP contribution is 2.28. The predicted octanol–water partition coefficient (Wildman–Crippen LogP) is 3.49. The molecule has 1 N–H and O–H groups in total. The lowest BCUT2D eigenvalue weighted by molar-refractivity contribution is 0.201. The standard InChI is InChI=1S/C21H20F2N4O/c22-16-4-5-17(23)15(11-16)13-27-9-6-14(7-10-27)19-12-20(28)26-21(25-19)18-3-1-2-8-24-18/h1-5,8,11-12,14H,6-7,9-10,13H2,(H,25,26,28). The smallest absolute Gasteiger partial charge is 0.251 e. The van der Waals surface area contributed by atoms with Gasteiger partial charge in [-0.15, -0.1) is 0 Å². The van der Waals surface area contributed by atoms with Gasteiger partial charge in [-0.05, 0) is 56.3 Å². The van der Waals surface area contributed by atoms with Gasteiger partial charge in [-0.2, -0.15) is 0 Å². The number of likely N-dealkylation sites (tertiary alicyclic amines) is 1. The number of H-pyrrole nitrogens is 1. The molecule has 1 aliphatic heterocycles. The molecule has 3 heterocycles. The van der Waals surface area contributed by atoms with Gasteiger partial charge >= 0.3 is 0 Å². The van der Waals surface area contributed by atoms with Crippen LogP contribution >= 0.6 is 0 Å². The van der Waals surface area contributed by atoms with Gasteiger partial charge in [0.05, 0.1) is 5.69 Å². The Labute approximate surface area is 161 Å². The van der Waals surface area contributed by atoms with E-state index >= 15 is 0 Å². The summed E-state index contributed by atoms with van der Waals surface area (Å²) in [6.07, 6.45) is 3.26. The van der Waals surface area contributed by atoms with Crippen LogP contribution in [0.2, 0.25) is 0 Å². The molecule has 7 heteroatoms. The van der Waals surface area contributed by atoms with Crippen molar-refractivity contribution in [1.82, 2.24) is 19.9 Å². The van der Waals surface area contributed by atoms with E-state index in [1.807, 2.05) is 12.1 Å². The molecule has 0 unspecified atom stereocenters. The number of hydrogen-bond acceptors (Lipinski definition) is 4. The summed E-state index contributed by atoms with van der Waals surface area (Å²) in [4.78, 5) is 25.8. The normalized spacial score (nSPS) is 15.6. The maximum atomic E-state index is 13.9. The SMILES string of the molecule is O=c1cc(C2CCN(Cc3cc(F)ccc3F)CC2)nc(-c2ccccn2)[nH]1. The van der Waals surface area contributed by atoms with Crippen molar-refractivity contribution in [3.8, 4) is 11.5 Å². The predicted molar refractivity (Wildman–Crippen MR) is 102 cm³/mol.